The highest BCUT2D eigenvalue weighted by Gasteiger charge is 2.53. The van der Waals surface area contributed by atoms with Crippen LogP contribution in [0, 0.1) is 0 Å². The predicted octanol–water partition coefficient (Wildman–Crippen LogP) is 1.07. The zero-order valence-electron chi connectivity index (χ0n) is 9.45. The number of carbonyl (C=O) groups excluding carboxylic acids is 1. The lowest BCUT2D eigenvalue weighted by Crippen LogP contribution is -2.54. The maximum atomic E-state index is 11.4. The molecule has 2 unspecified atom stereocenters. The van der Waals surface area contributed by atoms with E-state index < -0.39 is 18.2 Å². The van der Waals surface area contributed by atoms with E-state index in [9.17, 15) is 14.7 Å². The molecule has 1 amide bonds. The van der Waals surface area contributed by atoms with Crippen molar-refractivity contribution in [3.05, 3.63) is 41.7 Å². The Kier molecular flexibility index (Phi) is 2.33. The average molecular weight is 245 g/mol. The first-order valence-corrected chi connectivity index (χ1v) is 5.64. The summed E-state index contributed by atoms with van der Waals surface area (Å²) in [5, 5.41) is 9.19. The summed E-state index contributed by atoms with van der Waals surface area (Å²) in [5.74, 6) is -0.916. The average Bonchev–Trinajstić information content (AvgIpc) is 2.63. The van der Waals surface area contributed by atoms with Crippen LogP contribution < -0.4 is 0 Å². The molecule has 2 aliphatic heterocycles. The molecule has 0 saturated carbocycles. The van der Waals surface area contributed by atoms with E-state index in [1.54, 1.807) is 6.08 Å². The van der Waals surface area contributed by atoms with E-state index in [1.807, 2.05) is 30.3 Å². The Balaban J connectivity index is 1.94. The molecule has 2 heterocycles. The number of hydrogen-bond donors (Lipinski definition) is 1. The van der Waals surface area contributed by atoms with Crippen LogP contribution in [0.25, 0.3) is 6.08 Å². The third-order valence-electron chi connectivity index (χ3n) is 3.11. The first-order chi connectivity index (χ1) is 8.66. The highest BCUT2D eigenvalue weighted by atomic mass is 16.5. The second-order valence-electron chi connectivity index (χ2n) is 4.28. The molecule has 0 spiro atoms. The van der Waals surface area contributed by atoms with E-state index in [4.69, 9.17) is 4.74 Å². The van der Waals surface area contributed by atoms with Crippen molar-refractivity contribution in [2.45, 2.75) is 18.7 Å². The number of carbonyl (C=O) groups is 2. The van der Waals surface area contributed by atoms with Crippen LogP contribution in [0.3, 0.4) is 0 Å². The minimum Gasteiger partial charge on any atom is -0.479 e. The van der Waals surface area contributed by atoms with Crippen molar-refractivity contribution in [1.29, 1.82) is 0 Å². The third-order valence-corrected chi connectivity index (χ3v) is 3.11. The Labute approximate surface area is 103 Å². The number of β-lactam (4-membered cyclic amide) rings is 1. The zero-order valence-corrected chi connectivity index (χ0v) is 9.45. The van der Waals surface area contributed by atoms with Gasteiger partial charge in [0.25, 0.3) is 0 Å². The van der Waals surface area contributed by atoms with Crippen molar-refractivity contribution in [3.8, 4) is 0 Å². The van der Waals surface area contributed by atoms with Crippen molar-refractivity contribution in [3.63, 3.8) is 0 Å². The van der Waals surface area contributed by atoms with Crippen molar-refractivity contribution < 1.29 is 19.4 Å². The first kappa shape index (κ1) is 10.8. The van der Waals surface area contributed by atoms with Crippen LogP contribution in [0.5, 0.6) is 0 Å². The molecule has 1 N–H and O–H groups in total. The van der Waals surface area contributed by atoms with E-state index in [2.05, 4.69) is 0 Å². The summed E-state index contributed by atoms with van der Waals surface area (Å²) in [6.45, 7) is 0. The van der Waals surface area contributed by atoms with Crippen molar-refractivity contribution >= 4 is 18.0 Å². The van der Waals surface area contributed by atoms with Crippen molar-refractivity contribution in [2.24, 2.45) is 0 Å². The van der Waals surface area contributed by atoms with Crippen LogP contribution in [0.15, 0.2) is 36.1 Å². The second kappa shape index (κ2) is 3.87. The van der Waals surface area contributed by atoms with Crippen LogP contribution in [0.2, 0.25) is 0 Å². The highest BCUT2D eigenvalue weighted by molar-refractivity contribution is 5.92. The molecule has 18 heavy (non-hydrogen) atoms. The lowest BCUT2D eigenvalue weighted by Gasteiger charge is -2.33. The molecular formula is C13H11NO4. The molecule has 2 aliphatic rings. The maximum Gasteiger partial charge on any atom is 0.334 e. The minimum absolute atomic E-state index is 0.177. The van der Waals surface area contributed by atoms with E-state index in [0.717, 1.165) is 5.56 Å². The van der Waals surface area contributed by atoms with Gasteiger partial charge >= 0.3 is 5.97 Å². The summed E-state index contributed by atoms with van der Waals surface area (Å²) in [4.78, 5) is 23.9. The lowest BCUT2D eigenvalue weighted by molar-refractivity contribution is -0.163. The van der Waals surface area contributed by atoms with Gasteiger partial charge in [-0.2, -0.15) is 0 Å². The number of carboxylic acid groups (broad SMARTS) is 1. The molecule has 2 atom stereocenters. The smallest absolute Gasteiger partial charge is 0.334 e. The number of amides is 1. The molecular weight excluding hydrogens is 234 g/mol. The molecule has 92 valence electrons. The number of fused-ring (bicyclic) bond motifs is 1. The SMILES string of the molecule is O=C(O)C1C(=Cc2ccccc2)OC2CC(=O)N21. The van der Waals surface area contributed by atoms with Crippen LogP contribution in [-0.4, -0.2) is 34.2 Å². The molecule has 2 saturated heterocycles. The molecule has 2 fully saturated rings. The van der Waals surface area contributed by atoms with Gasteiger partial charge in [-0.15, -0.1) is 0 Å². The number of nitrogens with zero attached hydrogens (tertiary/aromatic N) is 1. The van der Waals surface area contributed by atoms with Crippen LogP contribution in [0.4, 0.5) is 0 Å². The summed E-state index contributed by atoms with van der Waals surface area (Å²) in [6.07, 6.45) is 1.52. The third kappa shape index (κ3) is 1.55. The van der Waals surface area contributed by atoms with Crippen molar-refractivity contribution in [1.82, 2.24) is 4.90 Å². The van der Waals surface area contributed by atoms with Gasteiger partial charge in [0.2, 0.25) is 5.91 Å². The molecule has 1 aromatic carbocycles. The standard InChI is InChI=1S/C13H11NO4/c15-10-7-11-14(10)12(13(16)17)9(18-11)6-8-4-2-1-3-5-8/h1-6,11-12H,7H2,(H,16,17). The highest BCUT2D eigenvalue weighted by Crippen LogP contribution is 2.37. The van der Waals surface area contributed by atoms with Crippen LogP contribution in [-0.2, 0) is 14.3 Å². The van der Waals surface area contributed by atoms with Gasteiger partial charge in [0.1, 0.15) is 5.76 Å². The summed E-state index contributed by atoms with van der Waals surface area (Å²) >= 11 is 0. The van der Waals surface area contributed by atoms with Gasteiger partial charge in [-0.1, -0.05) is 30.3 Å². The van der Waals surface area contributed by atoms with Crippen LogP contribution >= 0.6 is 0 Å². The molecule has 0 aliphatic carbocycles. The topological polar surface area (TPSA) is 66.8 Å². The fourth-order valence-electron chi connectivity index (χ4n) is 2.24. The summed E-state index contributed by atoms with van der Waals surface area (Å²) in [7, 11) is 0. The first-order valence-electron chi connectivity index (χ1n) is 5.64. The van der Waals surface area contributed by atoms with E-state index in [1.165, 1.54) is 4.90 Å². The number of rotatable bonds is 2. The molecule has 0 bridgehead atoms. The van der Waals surface area contributed by atoms with Gasteiger partial charge in [0, 0.05) is 0 Å². The van der Waals surface area contributed by atoms with Gasteiger partial charge in [-0.05, 0) is 11.6 Å². The quantitative estimate of drug-likeness (QED) is 0.791. The fourth-order valence-corrected chi connectivity index (χ4v) is 2.24. The largest absolute Gasteiger partial charge is 0.479 e. The molecule has 5 nitrogen and oxygen atoms in total. The summed E-state index contributed by atoms with van der Waals surface area (Å²) in [6, 6.07) is 8.31. The number of benzene rings is 1. The summed E-state index contributed by atoms with van der Waals surface area (Å²) < 4.78 is 5.49. The molecule has 0 radical (unpaired) electrons. The number of carboxylic acids is 1. The number of hydrogen-bond acceptors (Lipinski definition) is 3. The zero-order chi connectivity index (χ0) is 12.7. The van der Waals surface area contributed by atoms with E-state index >= 15 is 0 Å². The predicted molar refractivity (Wildman–Crippen MR) is 62.2 cm³/mol. The second-order valence-corrected chi connectivity index (χ2v) is 4.28. The normalized spacial score (nSPS) is 27.7. The lowest BCUT2D eigenvalue weighted by atomic mass is 10.1. The van der Waals surface area contributed by atoms with Crippen molar-refractivity contribution in [2.75, 3.05) is 0 Å². The van der Waals surface area contributed by atoms with Gasteiger partial charge < -0.3 is 9.84 Å². The van der Waals surface area contributed by atoms with Gasteiger partial charge in [0.15, 0.2) is 12.3 Å². The number of ether oxygens (including phenoxy) is 1. The van der Waals surface area contributed by atoms with Gasteiger partial charge in [-0.3, -0.25) is 9.69 Å². The number of aliphatic carboxylic acids is 1. The molecule has 3 rings (SSSR count). The Morgan fingerprint density at radius 1 is 1.39 bits per heavy atom. The molecule has 0 aromatic heterocycles. The Morgan fingerprint density at radius 2 is 2.11 bits per heavy atom. The maximum absolute atomic E-state index is 11.4. The monoisotopic (exact) mass is 245 g/mol. The Morgan fingerprint density at radius 3 is 2.72 bits per heavy atom. The fraction of sp³-hybridized carbons (Fsp3) is 0.231. The van der Waals surface area contributed by atoms with Crippen LogP contribution in [0.1, 0.15) is 12.0 Å². The Bertz CT molecular complexity index is 537. The van der Waals surface area contributed by atoms with E-state index in [-0.39, 0.29) is 12.3 Å². The minimum atomic E-state index is -1.06. The van der Waals surface area contributed by atoms with E-state index in [0.29, 0.717) is 5.76 Å². The van der Waals surface area contributed by atoms with Gasteiger partial charge in [0.05, 0.1) is 6.42 Å². The molecule has 1 aromatic rings. The Hall–Kier alpha value is -2.30. The molecule has 5 heteroatoms. The summed E-state index contributed by atoms with van der Waals surface area (Å²) in [5.41, 5.74) is 0.855. The van der Waals surface area contributed by atoms with Gasteiger partial charge in [-0.25, -0.2) is 4.79 Å².